The first-order valence-electron chi connectivity index (χ1n) is 11.1. The van der Waals surface area contributed by atoms with E-state index in [1.54, 1.807) is 18.2 Å². The summed E-state index contributed by atoms with van der Waals surface area (Å²) in [6.45, 7) is 2.36. The Morgan fingerprint density at radius 1 is 0.969 bits per heavy atom. The summed E-state index contributed by atoms with van der Waals surface area (Å²) in [5.41, 5.74) is 5.47. The molecule has 0 unspecified atom stereocenters. The van der Waals surface area contributed by atoms with E-state index in [2.05, 4.69) is 29.6 Å². The zero-order chi connectivity index (χ0) is 22.5. The summed E-state index contributed by atoms with van der Waals surface area (Å²) in [6, 6.07) is 23.4. The zero-order valence-corrected chi connectivity index (χ0v) is 18.4. The molecule has 0 radical (unpaired) electrons. The van der Waals surface area contributed by atoms with E-state index >= 15 is 0 Å². The van der Waals surface area contributed by atoms with Crippen LogP contribution in [-0.4, -0.2) is 48.1 Å². The molecule has 0 saturated carbocycles. The lowest BCUT2D eigenvalue weighted by Crippen LogP contribution is -2.37. The van der Waals surface area contributed by atoms with Crippen molar-refractivity contribution in [3.63, 3.8) is 0 Å². The SMILES string of the molecule is CNCc1cccc(C2CCN(C(=O)c3cccc(-c4cccc(B(O)O)c4)c3)CC2)c1. The Kier molecular flexibility index (Phi) is 7.05. The van der Waals surface area contributed by atoms with Gasteiger partial charge >= 0.3 is 7.12 Å². The van der Waals surface area contributed by atoms with Crippen molar-refractivity contribution in [2.24, 2.45) is 0 Å². The van der Waals surface area contributed by atoms with Crippen LogP contribution in [0.2, 0.25) is 0 Å². The van der Waals surface area contributed by atoms with Crippen molar-refractivity contribution in [2.45, 2.75) is 25.3 Å². The molecular weight excluding hydrogens is 399 g/mol. The molecule has 0 spiro atoms. The molecule has 32 heavy (non-hydrogen) atoms. The van der Waals surface area contributed by atoms with Crippen molar-refractivity contribution in [3.8, 4) is 11.1 Å². The van der Waals surface area contributed by atoms with Crippen LogP contribution in [0.1, 0.15) is 40.2 Å². The van der Waals surface area contributed by atoms with Crippen molar-refractivity contribution in [1.82, 2.24) is 10.2 Å². The second-order valence-electron chi connectivity index (χ2n) is 8.42. The second kappa shape index (κ2) is 10.1. The van der Waals surface area contributed by atoms with Gasteiger partial charge in [-0.3, -0.25) is 4.79 Å². The van der Waals surface area contributed by atoms with Gasteiger partial charge in [0, 0.05) is 25.2 Å². The summed E-state index contributed by atoms with van der Waals surface area (Å²) in [6.07, 6.45) is 1.93. The minimum atomic E-state index is -1.51. The molecule has 1 heterocycles. The Balaban J connectivity index is 1.44. The Morgan fingerprint density at radius 2 is 1.66 bits per heavy atom. The highest BCUT2D eigenvalue weighted by atomic mass is 16.4. The predicted molar refractivity (Wildman–Crippen MR) is 129 cm³/mol. The monoisotopic (exact) mass is 428 g/mol. The summed E-state index contributed by atoms with van der Waals surface area (Å²) >= 11 is 0. The molecule has 1 aliphatic rings. The number of nitrogens with zero attached hydrogens (tertiary/aromatic N) is 1. The number of benzene rings is 3. The molecule has 164 valence electrons. The van der Waals surface area contributed by atoms with Gasteiger partial charge in [-0.05, 0) is 65.7 Å². The minimum absolute atomic E-state index is 0.0487. The molecule has 1 fully saturated rings. The third kappa shape index (κ3) is 5.10. The van der Waals surface area contributed by atoms with Gasteiger partial charge in [0.25, 0.3) is 5.91 Å². The van der Waals surface area contributed by atoms with E-state index in [-0.39, 0.29) is 5.91 Å². The Labute approximate surface area is 189 Å². The van der Waals surface area contributed by atoms with Crippen LogP contribution in [0.5, 0.6) is 0 Å². The zero-order valence-electron chi connectivity index (χ0n) is 18.4. The number of piperidine rings is 1. The molecule has 3 aromatic carbocycles. The van der Waals surface area contributed by atoms with Gasteiger partial charge in [-0.2, -0.15) is 0 Å². The molecule has 6 heteroatoms. The number of hydrogen-bond acceptors (Lipinski definition) is 4. The average Bonchev–Trinajstić information content (AvgIpc) is 2.84. The van der Waals surface area contributed by atoms with E-state index < -0.39 is 7.12 Å². The van der Waals surface area contributed by atoms with Gasteiger partial charge in [-0.15, -0.1) is 0 Å². The predicted octanol–water partition coefficient (Wildman–Crippen LogP) is 2.77. The lowest BCUT2D eigenvalue weighted by Gasteiger charge is -2.32. The number of rotatable bonds is 6. The van der Waals surface area contributed by atoms with Crippen LogP contribution in [0.3, 0.4) is 0 Å². The first-order valence-corrected chi connectivity index (χ1v) is 11.1. The molecule has 5 nitrogen and oxygen atoms in total. The lowest BCUT2D eigenvalue weighted by atomic mass is 9.79. The molecule has 0 aliphatic carbocycles. The van der Waals surface area contributed by atoms with E-state index in [0.29, 0.717) is 16.9 Å². The number of carbonyl (C=O) groups is 1. The molecule has 1 amide bonds. The van der Waals surface area contributed by atoms with Gasteiger partial charge in [0.1, 0.15) is 0 Å². The number of likely N-dealkylation sites (tertiary alicyclic amines) is 1. The quantitative estimate of drug-likeness (QED) is 0.528. The topological polar surface area (TPSA) is 72.8 Å². The minimum Gasteiger partial charge on any atom is -0.423 e. The number of carbonyl (C=O) groups excluding carboxylic acids is 1. The van der Waals surface area contributed by atoms with Crippen LogP contribution in [0, 0.1) is 0 Å². The largest absolute Gasteiger partial charge is 0.488 e. The van der Waals surface area contributed by atoms with E-state index in [4.69, 9.17) is 0 Å². The third-order valence-electron chi connectivity index (χ3n) is 6.21. The van der Waals surface area contributed by atoms with Crippen molar-refractivity contribution < 1.29 is 14.8 Å². The van der Waals surface area contributed by atoms with Crippen LogP contribution in [-0.2, 0) is 6.54 Å². The van der Waals surface area contributed by atoms with Crippen molar-refractivity contribution in [2.75, 3.05) is 20.1 Å². The number of hydrogen-bond donors (Lipinski definition) is 3. The van der Waals surface area contributed by atoms with Crippen molar-refractivity contribution in [3.05, 3.63) is 89.5 Å². The normalized spacial score (nSPS) is 14.4. The molecule has 0 aromatic heterocycles. The fraction of sp³-hybridized carbons (Fsp3) is 0.269. The molecule has 0 atom stereocenters. The van der Waals surface area contributed by atoms with Gasteiger partial charge in [-0.1, -0.05) is 60.7 Å². The van der Waals surface area contributed by atoms with Crippen molar-refractivity contribution in [1.29, 1.82) is 0 Å². The van der Waals surface area contributed by atoms with Crippen LogP contribution in [0.25, 0.3) is 11.1 Å². The molecule has 0 bridgehead atoms. The summed E-state index contributed by atoms with van der Waals surface area (Å²) in [5, 5.41) is 22.1. The number of amides is 1. The Bertz CT molecular complexity index is 1080. The molecular formula is C26H29BN2O3. The van der Waals surface area contributed by atoms with Gasteiger partial charge in [0.2, 0.25) is 0 Å². The maximum atomic E-state index is 13.2. The van der Waals surface area contributed by atoms with Gasteiger partial charge < -0.3 is 20.3 Å². The van der Waals surface area contributed by atoms with E-state index in [1.807, 2.05) is 42.3 Å². The third-order valence-corrected chi connectivity index (χ3v) is 6.21. The molecule has 4 rings (SSSR count). The van der Waals surface area contributed by atoms with E-state index in [1.165, 1.54) is 11.1 Å². The Hall–Kier alpha value is -2.93. The molecule has 3 N–H and O–H groups in total. The second-order valence-corrected chi connectivity index (χ2v) is 8.42. The van der Waals surface area contributed by atoms with Crippen molar-refractivity contribution >= 4 is 18.5 Å². The van der Waals surface area contributed by atoms with Gasteiger partial charge in [-0.25, -0.2) is 0 Å². The number of nitrogens with one attached hydrogen (secondary N) is 1. The maximum Gasteiger partial charge on any atom is 0.488 e. The van der Waals surface area contributed by atoms with Crippen LogP contribution in [0.15, 0.2) is 72.8 Å². The highest BCUT2D eigenvalue weighted by Crippen LogP contribution is 2.29. The van der Waals surface area contributed by atoms with Gasteiger partial charge in [0.05, 0.1) is 0 Å². The fourth-order valence-electron chi connectivity index (χ4n) is 4.47. The first-order chi connectivity index (χ1) is 15.5. The highest BCUT2D eigenvalue weighted by molar-refractivity contribution is 6.58. The van der Waals surface area contributed by atoms with E-state index in [0.717, 1.165) is 43.6 Å². The molecule has 1 aliphatic heterocycles. The maximum absolute atomic E-state index is 13.2. The summed E-state index contributed by atoms with van der Waals surface area (Å²) < 4.78 is 0. The summed E-state index contributed by atoms with van der Waals surface area (Å²) in [5.74, 6) is 0.530. The Morgan fingerprint density at radius 3 is 2.38 bits per heavy atom. The average molecular weight is 428 g/mol. The molecule has 3 aromatic rings. The molecule has 1 saturated heterocycles. The van der Waals surface area contributed by atoms with Crippen LogP contribution < -0.4 is 10.8 Å². The smallest absolute Gasteiger partial charge is 0.423 e. The lowest BCUT2D eigenvalue weighted by molar-refractivity contribution is 0.0713. The van der Waals surface area contributed by atoms with Crippen LogP contribution >= 0.6 is 0 Å². The summed E-state index contributed by atoms with van der Waals surface area (Å²) in [4.78, 5) is 15.1. The highest BCUT2D eigenvalue weighted by Gasteiger charge is 2.25. The summed E-state index contributed by atoms with van der Waals surface area (Å²) in [7, 11) is 0.443. The fourth-order valence-corrected chi connectivity index (χ4v) is 4.47. The van der Waals surface area contributed by atoms with Crippen LogP contribution in [0.4, 0.5) is 0 Å². The van der Waals surface area contributed by atoms with E-state index in [9.17, 15) is 14.8 Å². The first kappa shape index (κ1) is 22.3. The van der Waals surface area contributed by atoms with Gasteiger partial charge in [0.15, 0.2) is 0 Å². The standard InChI is InChI=1S/C26H29BN2O3/c1-28-18-19-5-2-6-21(15-19)20-11-13-29(14-12-20)26(30)24-9-3-7-22(16-24)23-8-4-10-25(17-23)27(31)32/h2-10,15-17,20,28,31-32H,11-14,18H2,1H3.